The number of hydrogen-bond acceptors (Lipinski definition) is 3. The van der Waals surface area contributed by atoms with E-state index in [4.69, 9.17) is 11.1 Å². The fourth-order valence-electron chi connectivity index (χ4n) is 1.69. The topological polar surface area (TPSA) is 90.6 Å². The monoisotopic (exact) mass is 231 g/mol. The van der Waals surface area contributed by atoms with Gasteiger partial charge in [0, 0.05) is 11.6 Å². The van der Waals surface area contributed by atoms with Crippen LogP contribution in [0.1, 0.15) is 25.2 Å². The molecule has 0 aliphatic rings. The molecule has 5 heteroatoms. The average molecular weight is 231 g/mol. The van der Waals surface area contributed by atoms with Gasteiger partial charge in [0.15, 0.2) is 0 Å². The van der Waals surface area contributed by atoms with Crippen molar-refractivity contribution in [1.82, 2.24) is 15.3 Å². The second-order valence-corrected chi connectivity index (χ2v) is 4.33. The minimum atomic E-state index is 0.0467. The molecule has 90 valence electrons. The van der Waals surface area contributed by atoms with Crippen LogP contribution in [0.25, 0.3) is 11.0 Å². The highest BCUT2D eigenvalue weighted by Crippen LogP contribution is 2.16. The van der Waals surface area contributed by atoms with Gasteiger partial charge in [-0.3, -0.25) is 5.41 Å². The summed E-state index contributed by atoms with van der Waals surface area (Å²) in [6.07, 6.45) is 0. The summed E-state index contributed by atoms with van der Waals surface area (Å²) in [6, 6.07) is 6.03. The van der Waals surface area contributed by atoms with Crippen LogP contribution in [0.5, 0.6) is 0 Å². The molecule has 0 unspecified atom stereocenters. The first kappa shape index (κ1) is 11.6. The number of rotatable bonds is 4. The highest BCUT2D eigenvalue weighted by Gasteiger charge is 2.08. The Morgan fingerprint density at radius 1 is 1.53 bits per heavy atom. The molecular weight excluding hydrogens is 214 g/mol. The van der Waals surface area contributed by atoms with Crippen molar-refractivity contribution in [3.05, 3.63) is 29.6 Å². The molecule has 1 heterocycles. The summed E-state index contributed by atoms with van der Waals surface area (Å²) in [4.78, 5) is 7.69. The largest absolute Gasteiger partial charge is 0.384 e. The lowest BCUT2D eigenvalue weighted by Crippen LogP contribution is -2.22. The number of nitrogens with zero attached hydrogens (tertiary/aromatic N) is 1. The van der Waals surface area contributed by atoms with Crippen LogP contribution >= 0.6 is 0 Å². The molecule has 1 aromatic carbocycles. The predicted octanol–water partition coefficient (Wildman–Crippen LogP) is 1.34. The van der Waals surface area contributed by atoms with Crippen molar-refractivity contribution in [2.24, 2.45) is 5.73 Å². The summed E-state index contributed by atoms with van der Waals surface area (Å²) >= 11 is 0. The summed E-state index contributed by atoms with van der Waals surface area (Å²) < 4.78 is 0. The summed E-state index contributed by atoms with van der Waals surface area (Å²) in [5.74, 6) is 0.910. The molecule has 2 aromatic rings. The van der Waals surface area contributed by atoms with Crippen LogP contribution in [-0.2, 0) is 6.54 Å². The van der Waals surface area contributed by atoms with Crippen molar-refractivity contribution in [3.8, 4) is 0 Å². The number of benzene rings is 1. The summed E-state index contributed by atoms with van der Waals surface area (Å²) in [6.45, 7) is 4.86. The Labute approximate surface area is 99.9 Å². The number of nitrogens with one attached hydrogen (secondary N) is 3. The zero-order valence-corrected chi connectivity index (χ0v) is 10.0. The smallest absolute Gasteiger partial charge is 0.125 e. The van der Waals surface area contributed by atoms with Crippen molar-refractivity contribution >= 4 is 16.9 Å². The minimum absolute atomic E-state index is 0.0467. The predicted molar refractivity (Wildman–Crippen MR) is 69.1 cm³/mol. The number of amidine groups is 1. The van der Waals surface area contributed by atoms with Crippen molar-refractivity contribution in [2.45, 2.75) is 26.4 Å². The van der Waals surface area contributed by atoms with E-state index < -0.39 is 0 Å². The molecule has 0 atom stereocenters. The van der Waals surface area contributed by atoms with E-state index in [1.807, 2.05) is 18.2 Å². The van der Waals surface area contributed by atoms with Gasteiger partial charge in [-0.05, 0) is 12.1 Å². The molecule has 0 radical (unpaired) electrons. The van der Waals surface area contributed by atoms with Crippen LogP contribution in [0, 0.1) is 5.41 Å². The van der Waals surface area contributed by atoms with E-state index >= 15 is 0 Å². The van der Waals surface area contributed by atoms with Gasteiger partial charge in [0.05, 0.1) is 17.6 Å². The molecule has 2 rings (SSSR count). The van der Waals surface area contributed by atoms with E-state index in [0.717, 1.165) is 16.9 Å². The van der Waals surface area contributed by atoms with Gasteiger partial charge >= 0.3 is 0 Å². The number of H-pyrrole nitrogens is 1. The molecule has 0 saturated carbocycles. The van der Waals surface area contributed by atoms with Crippen LogP contribution in [0.15, 0.2) is 18.2 Å². The van der Waals surface area contributed by atoms with Gasteiger partial charge in [0.1, 0.15) is 11.7 Å². The third-order valence-corrected chi connectivity index (χ3v) is 2.53. The molecule has 0 spiro atoms. The van der Waals surface area contributed by atoms with Crippen LogP contribution in [0.3, 0.4) is 0 Å². The molecule has 5 nitrogen and oxygen atoms in total. The molecule has 1 aromatic heterocycles. The Morgan fingerprint density at radius 3 is 2.94 bits per heavy atom. The van der Waals surface area contributed by atoms with Gasteiger partial charge in [-0.15, -0.1) is 0 Å². The van der Waals surface area contributed by atoms with Gasteiger partial charge < -0.3 is 16.0 Å². The number of nitrogens with two attached hydrogens (primary N) is 1. The van der Waals surface area contributed by atoms with E-state index in [-0.39, 0.29) is 5.84 Å². The highest BCUT2D eigenvalue weighted by molar-refractivity contribution is 6.05. The average Bonchev–Trinajstić information content (AvgIpc) is 2.68. The Kier molecular flexibility index (Phi) is 3.10. The van der Waals surface area contributed by atoms with E-state index in [1.165, 1.54) is 0 Å². The van der Waals surface area contributed by atoms with E-state index in [1.54, 1.807) is 0 Å². The van der Waals surface area contributed by atoms with Crippen LogP contribution in [-0.4, -0.2) is 21.8 Å². The fraction of sp³-hybridized carbons (Fsp3) is 0.333. The first-order valence-corrected chi connectivity index (χ1v) is 5.63. The quantitative estimate of drug-likeness (QED) is 0.473. The highest BCUT2D eigenvalue weighted by atomic mass is 15.0. The van der Waals surface area contributed by atoms with Crippen LogP contribution in [0.2, 0.25) is 0 Å². The normalized spacial score (nSPS) is 11.2. The van der Waals surface area contributed by atoms with E-state index in [0.29, 0.717) is 18.2 Å². The SMILES string of the molecule is CC(C)NCc1nc2c(C(=N)N)cccc2[nH]1. The van der Waals surface area contributed by atoms with Crippen molar-refractivity contribution in [1.29, 1.82) is 5.41 Å². The first-order valence-electron chi connectivity index (χ1n) is 5.63. The van der Waals surface area contributed by atoms with Gasteiger partial charge in [-0.2, -0.15) is 0 Å². The van der Waals surface area contributed by atoms with E-state index in [2.05, 4.69) is 29.1 Å². The van der Waals surface area contributed by atoms with E-state index in [9.17, 15) is 0 Å². The van der Waals surface area contributed by atoms with Crippen molar-refractivity contribution in [3.63, 3.8) is 0 Å². The number of aromatic nitrogens is 2. The van der Waals surface area contributed by atoms with Gasteiger partial charge in [0.25, 0.3) is 0 Å². The third kappa shape index (κ3) is 2.45. The zero-order chi connectivity index (χ0) is 12.4. The molecule has 0 aliphatic heterocycles. The number of imidazole rings is 1. The zero-order valence-electron chi connectivity index (χ0n) is 10.0. The molecule has 0 aliphatic carbocycles. The molecule has 0 fully saturated rings. The van der Waals surface area contributed by atoms with Gasteiger partial charge in [0.2, 0.25) is 0 Å². The van der Waals surface area contributed by atoms with Gasteiger partial charge in [-0.1, -0.05) is 19.9 Å². The standard InChI is InChI=1S/C12H17N5/c1-7(2)15-6-10-16-9-5-3-4-8(12(13)14)11(9)17-10/h3-5,7,15H,6H2,1-2H3,(H3,13,14)(H,16,17). The second kappa shape index (κ2) is 4.55. The summed E-state index contributed by atoms with van der Waals surface area (Å²) in [5, 5.41) is 10.8. The number of para-hydroxylation sites is 1. The maximum absolute atomic E-state index is 7.51. The Bertz CT molecular complexity index is 541. The van der Waals surface area contributed by atoms with Crippen molar-refractivity contribution in [2.75, 3.05) is 0 Å². The summed E-state index contributed by atoms with van der Waals surface area (Å²) in [5.41, 5.74) is 7.88. The summed E-state index contributed by atoms with van der Waals surface area (Å²) in [7, 11) is 0. The Hall–Kier alpha value is -1.88. The van der Waals surface area contributed by atoms with Crippen molar-refractivity contribution < 1.29 is 0 Å². The lowest BCUT2D eigenvalue weighted by Gasteiger charge is -2.04. The number of hydrogen-bond donors (Lipinski definition) is 4. The number of fused-ring (bicyclic) bond motifs is 1. The number of aromatic amines is 1. The minimum Gasteiger partial charge on any atom is -0.384 e. The number of nitrogen functional groups attached to an aromatic ring is 1. The lowest BCUT2D eigenvalue weighted by atomic mass is 10.2. The molecule has 0 amide bonds. The maximum atomic E-state index is 7.51. The molecule has 0 saturated heterocycles. The van der Waals surface area contributed by atoms with Crippen LogP contribution < -0.4 is 11.1 Å². The molecule has 5 N–H and O–H groups in total. The third-order valence-electron chi connectivity index (χ3n) is 2.53. The van der Waals surface area contributed by atoms with Gasteiger partial charge in [-0.25, -0.2) is 4.98 Å². The molecule has 0 bridgehead atoms. The maximum Gasteiger partial charge on any atom is 0.125 e. The first-order chi connectivity index (χ1) is 8.08. The van der Waals surface area contributed by atoms with Crippen LogP contribution in [0.4, 0.5) is 0 Å². The second-order valence-electron chi connectivity index (χ2n) is 4.33. The lowest BCUT2D eigenvalue weighted by molar-refractivity contribution is 0.576. The Morgan fingerprint density at radius 2 is 2.29 bits per heavy atom. The molecular formula is C12H17N5. The Balaban J connectivity index is 2.36. The molecule has 17 heavy (non-hydrogen) atoms. The fourth-order valence-corrected chi connectivity index (χ4v) is 1.69.